The third-order valence-corrected chi connectivity index (χ3v) is 3.22. The largest absolute Gasteiger partial charge is 0.341 e. The standard InChI is InChI=1S/C12H22N2O/c1-4-5-11(13)12(15)14-7-6-10(8-14)9(2)3/h4,9-11H,1,5-8,13H2,2-3H3. The van der Waals surface area contributed by atoms with Crippen molar-refractivity contribution < 1.29 is 4.79 Å². The normalized spacial score (nSPS) is 23.2. The fraction of sp³-hybridized carbons (Fsp3) is 0.750. The summed E-state index contributed by atoms with van der Waals surface area (Å²) in [6, 6.07) is -0.395. The van der Waals surface area contributed by atoms with Gasteiger partial charge in [-0.3, -0.25) is 4.79 Å². The van der Waals surface area contributed by atoms with Gasteiger partial charge in [0.05, 0.1) is 6.04 Å². The Bertz CT molecular complexity index is 238. The molecule has 1 fully saturated rings. The molecule has 2 atom stereocenters. The van der Waals surface area contributed by atoms with Crippen molar-refractivity contribution in [3.63, 3.8) is 0 Å². The van der Waals surface area contributed by atoms with Crippen LogP contribution >= 0.6 is 0 Å². The summed E-state index contributed by atoms with van der Waals surface area (Å²) in [6.07, 6.45) is 3.39. The van der Waals surface area contributed by atoms with Crippen molar-refractivity contribution >= 4 is 5.91 Å². The maximum atomic E-state index is 11.9. The number of nitrogens with zero attached hydrogens (tertiary/aromatic N) is 1. The predicted molar refractivity (Wildman–Crippen MR) is 62.3 cm³/mol. The van der Waals surface area contributed by atoms with Crippen LogP contribution in [0.2, 0.25) is 0 Å². The van der Waals surface area contributed by atoms with Gasteiger partial charge in [-0.2, -0.15) is 0 Å². The lowest BCUT2D eigenvalue weighted by Crippen LogP contribution is -2.42. The molecule has 0 bridgehead atoms. The van der Waals surface area contributed by atoms with E-state index in [1.807, 2.05) is 4.90 Å². The van der Waals surface area contributed by atoms with E-state index in [0.29, 0.717) is 18.3 Å². The van der Waals surface area contributed by atoms with Gasteiger partial charge >= 0.3 is 0 Å². The number of carbonyl (C=O) groups is 1. The molecule has 0 radical (unpaired) electrons. The van der Waals surface area contributed by atoms with Crippen LogP contribution in [0.3, 0.4) is 0 Å². The van der Waals surface area contributed by atoms with E-state index < -0.39 is 6.04 Å². The Morgan fingerprint density at radius 3 is 2.80 bits per heavy atom. The number of amides is 1. The number of likely N-dealkylation sites (tertiary alicyclic amines) is 1. The Kier molecular flexibility index (Phi) is 4.33. The zero-order valence-corrected chi connectivity index (χ0v) is 9.78. The minimum Gasteiger partial charge on any atom is -0.341 e. The number of rotatable bonds is 4. The van der Waals surface area contributed by atoms with E-state index in [2.05, 4.69) is 20.4 Å². The van der Waals surface area contributed by atoms with Crippen LogP contribution in [0.4, 0.5) is 0 Å². The first-order chi connectivity index (χ1) is 7.06. The van der Waals surface area contributed by atoms with Gasteiger partial charge in [0.2, 0.25) is 5.91 Å². The molecule has 1 amide bonds. The summed E-state index contributed by atoms with van der Waals surface area (Å²) >= 11 is 0. The molecule has 0 aromatic heterocycles. The SMILES string of the molecule is C=CCC(N)C(=O)N1CCC(C(C)C)C1. The summed E-state index contributed by atoms with van der Waals surface area (Å²) in [4.78, 5) is 13.8. The minimum atomic E-state index is -0.395. The third-order valence-electron chi connectivity index (χ3n) is 3.22. The van der Waals surface area contributed by atoms with Gasteiger partial charge in [0.15, 0.2) is 0 Å². The summed E-state index contributed by atoms with van der Waals surface area (Å²) in [5.41, 5.74) is 5.77. The predicted octanol–water partition coefficient (Wildman–Crippen LogP) is 1.39. The van der Waals surface area contributed by atoms with Gasteiger partial charge in [-0.15, -0.1) is 6.58 Å². The van der Waals surface area contributed by atoms with Crippen LogP contribution in [-0.4, -0.2) is 29.9 Å². The molecule has 1 rings (SSSR count). The highest BCUT2D eigenvalue weighted by molar-refractivity contribution is 5.82. The Balaban J connectivity index is 2.46. The monoisotopic (exact) mass is 210 g/mol. The van der Waals surface area contributed by atoms with E-state index in [4.69, 9.17) is 5.73 Å². The molecule has 86 valence electrons. The van der Waals surface area contributed by atoms with Crippen molar-refractivity contribution in [2.45, 2.75) is 32.7 Å². The molecule has 1 aliphatic rings. The Hall–Kier alpha value is -0.830. The molecule has 0 spiro atoms. The highest BCUT2D eigenvalue weighted by Crippen LogP contribution is 2.23. The van der Waals surface area contributed by atoms with E-state index in [0.717, 1.165) is 19.5 Å². The molecular weight excluding hydrogens is 188 g/mol. The molecule has 15 heavy (non-hydrogen) atoms. The van der Waals surface area contributed by atoms with E-state index in [1.165, 1.54) is 0 Å². The van der Waals surface area contributed by atoms with Crippen LogP contribution in [0.5, 0.6) is 0 Å². The summed E-state index contributed by atoms with van der Waals surface area (Å²) in [5, 5.41) is 0. The van der Waals surface area contributed by atoms with Crippen LogP contribution in [0.1, 0.15) is 26.7 Å². The second-order valence-electron chi connectivity index (χ2n) is 4.71. The zero-order chi connectivity index (χ0) is 11.4. The number of nitrogens with two attached hydrogens (primary N) is 1. The summed E-state index contributed by atoms with van der Waals surface area (Å²) in [7, 11) is 0. The summed E-state index contributed by atoms with van der Waals surface area (Å²) in [6.45, 7) is 9.77. The number of carbonyl (C=O) groups excluding carboxylic acids is 1. The van der Waals surface area contributed by atoms with Crippen LogP contribution in [0, 0.1) is 11.8 Å². The van der Waals surface area contributed by atoms with Crippen molar-refractivity contribution in [3.05, 3.63) is 12.7 Å². The molecule has 0 aliphatic carbocycles. The van der Waals surface area contributed by atoms with Crippen LogP contribution < -0.4 is 5.73 Å². The molecular formula is C12H22N2O. The van der Waals surface area contributed by atoms with Crippen molar-refractivity contribution in [1.82, 2.24) is 4.90 Å². The fourth-order valence-electron chi connectivity index (χ4n) is 2.05. The Labute approximate surface area is 92.3 Å². The highest BCUT2D eigenvalue weighted by Gasteiger charge is 2.29. The van der Waals surface area contributed by atoms with Gasteiger partial charge in [-0.25, -0.2) is 0 Å². The third kappa shape index (κ3) is 3.06. The second kappa shape index (κ2) is 5.31. The van der Waals surface area contributed by atoms with Crippen LogP contribution in [0.25, 0.3) is 0 Å². The Morgan fingerprint density at radius 2 is 2.33 bits per heavy atom. The smallest absolute Gasteiger partial charge is 0.239 e. The highest BCUT2D eigenvalue weighted by atomic mass is 16.2. The molecule has 0 saturated carbocycles. The van der Waals surface area contributed by atoms with Gasteiger partial charge in [0.25, 0.3) is 0 Å². The van der Waals surface area contributed by atoms with Gasteiger partial charge in [0, 0.05) is 13.1 Å². The molecule has 1 saturated heterocycles. The first kappa shape index (κ1) is 12.2. The van der Waals surface area contributed by atoms with Gasteiger partial charge < -0.3 is 10.6 Å². The van der Waals surface area contributed by atoms with Crippen molar-refractivity contribution in [1.29, 1.82) is 0 Å². The van der Waals surface area contributed by atoms with E-state index in [9.17, 15) is 4.79 Å². The molecule has 0 aromatic carbocycles. The van der Waals surface area contributed by atoms with Crippen LogP contribution in [0.15, 0.2) is 12.7 Å². The lowest BCUT2D eigenvalue weighted by Gasteiger charge is -2.21. The molecule has 3 nitrogen and oxygen atoms in total. The number of hydrogen-bond acceptors (Lipinski definition) is 2. The summed E-state index contributed by atoms with van der Waals surface area (Å²) < 4.78 is 0. The zero-order valence-electron chi connectivity index (χ0n) is 9.78. The average Bonchev–Trinajstić information content (AvgIpc) is 2.65. The molecule has 2 unspecified atom stereocenters. The lowest BCUT2D eigenvalue weighted by atomic mass is 9.95. The average molecular weight is 210 g/mol. The molecule has 0 aromatic rings. The molecule has 3 heteroatoms. The van der Waals surface area contributed by atoms with Crippen LogP contribution in [-0.2, 0) is 4.79 Å². The quantitative estimate of drug-likeness (QED) is 0.713. The fourth-order valence-corrected chi connectivity index (χ4v) is 2.05. The van der Waals surface area contributed by atoms with Gasteiger partial charge in [-0.1, -0.05) is 19.9 Å². The van der Waals surface area contributed by atoms with E-state index in [-0.39, 0.29) is 5.91 Å². The van der Waals surface area contributed by atoms with Gasteiger partial charge in [0.1, 0.15) is 0 Å². The minimum absolute atomic E-state index is 0.0815. The number of hydrogen-bond donors (Lipinski definition) is 1. The Morgan fingerprint density at radius 1 is 1.67 bits per heavy atom. The topological polar surface area (TPSA) is 46.3 Å². The molecule has 1 aliphatic heterocycles. The maximum absolute atomic E-state index is 11.9. The molecule has 1 heterocycles. The maximum Gasteiger partial charge on any atom is 0.239 e. The van der Waals surface area contributed by atoms with E-state index in [1.54, 1.807) is 6.08 Å². The lowest BCUT2D eigenvalue weighted by molar-refractivity contribution is -0.131. The van der Waals surface area contributed by atoms with Crippen molar-refractivity contribution in [2.75, 3.05) is 13.1 Å². The van der Waals surface area contributed by atoms with Gasteiger partial charge in [-0.05, 0) is 24.7 Å². The second-order valence-corrected chi connectivity index (χ2v) is 4.71. The summed E-state index contributed by atoms with van der Waals surface area (Å²) in [5.74, 6) is 1.38. The van der Waals surface area contributed by atoms with Crippen molar-refractivity contribution in [2.24, 2.45) is 17.6 Å². The van der Waals surface area contributed by atoms with Crippen molar-refractivity contribution in [3.8, 4) is 0 Å². The first-order valence-electron chi connectivity index (χ1n) is 5.71. The first-order valence-corrected chi connectivity index (χ1v) is 5.71. The molecule has 2 N–H and O–H groups in total. The van der Waals surface area contributed by atoms with E-state index >= 15 is 0 Å².